The van der Waals surface area contributed by atoms with Crippen LogP contribution in [0.5, 0.6) is 11.6 Å². The van der Waals surface area contributed by atoms with E-state index in [0.29, 0.717) is 11.3 Å². The predicted molar refractivity (Wildman–Crippen MR) is 107 cm³/mol. The molecule has 1 amide bonds. The first-order valence-corrected chi connectivity index (χ1v) is 8.83. The molecule has 0 saturated heterocycles. The highest BCUT2D eigenvalue weighted by atomic mass is 16.6. The zero-order valence-electron chi connectivity index (χ0n) is 16.2. The minimum Gasteiger partial charge on any atom is -0.493 e. The van der Waals surface area contributed by atoms with Gasteiger partial charge in [-0.1, -0.05) is 39.0 Å². The van der Waals surface area contributed by atoms with E-state index < -0.39 is 10.8 Å². The highest BCUT2D eigenvalue weighted by Crippen LogP contribution is 2.37. The number of nitrogens with zero attached hydrogens (tertiary/aromatic N) is 3. The average Bonchev–Trinajstić information content (AvgIpc) is 2.98. The standard InChI is InChI=1S/C20H20N4O5/c1-20(2,3)14-6-4-5-7-16(14)29-11-17(25)22-23-18-13-10-12(24(27)28)8-9-15(13)21-19(18)26/h4-10,21,26H,11H2,1-3H3. The van der Waals surface area contributed by atoms with Gasteiger partial charge in [-0.15, -0.1) is 10.2 Å². The number of aromatic nitrogens is 1. The summed E-state index contributed by atoms with van der Waals surface area (Å²) in [4.78, 5) is 25.1. The summed E-state index contributed by atoms with van der Waals surface area (Å²) in [6, 6.07) is 11.4. The number of rotatable bonds is 5. The molecule has 1 aromatic heterocycles. The van der Waals surface area contributed by atoms with Crippen molar-refractivity contribution in [2.24, 2.45) is 10.2 Å². The number of nitro benzene ring substituents is 1. The molecular formula is C20H20N4O5. The number of hydrogen-bond acceptors (Lipinski definition) is 6. The molecule has 0 bridgehead atoms. The lowest BCUT2D eigenvalue weighted by molar-refractivity contribution is -0.384. The van der Waals surface area contributed by atoms with Gasteiger partial charge in [-0.2, -0.15) is 0 Å². The number of aromatic amines is 1. The van der Waals surface area contributed by atoms with Gasteiger partial charge < -0.3 is 14.8 Å². The van der Waals surface area contributed by atoms with E-state index >= 15 is 0 Å². The smallest absolute Gasteiger partial charge is 0.302 e. The summed E-state index contributed by atoms with van der Waals surface area (Å²) in [6.07, 6.45) is 0. The summed E-state index contributed by atoms with van der Waals surface area (Å²) >= 11 is 0. The van der Waals surface area contributed by atoms with Crippen LogP contribution in [-0.2, 0) is 10.2 Å². The molecule has 0 radical (unpaired) electrons. The van der Waals surface area contributed by atoms with Crippen LogP contribution in [0.25, 0.3) is 10.9 Å². The van der Waals surface area contributed by atoms with Crippen molar-refractivity contribution in [2.75, 3.05) is 6.61 Å². The molecule has 0 unspecified atom stereocenters. The van der Waals surface area contributed by atoms with Crippen LogP contribution >= 0.6 is 0 Å². The van der Waals surface area contributed by atoms with E-state index in [2.05, 4.69) is 15.2 Å². The van der Waals surface area contributed by atoms with E-state index in [1.54, 1.807) is 6.07 Å². The van der Waals surface area contributed by atoms with Crippen LogP contribution < -0.4 is 4.74 Å². The lowest BCUT2D eigenvalue weighted by atomic mass is 9.86. The van der Waals surface area contributed by atoms with E-state index in [1.165, 1.54) is 18.2 Å². The van der Waals surface area contributed by atoms with Gasteiger partial charge in [0.2, 0.25) is 5.88 Å². The monoisotopic (exact) mass is 396 g/mol. The number of azo groups is 1. The maximum absolute atomic E-state index is 12.1. The Labute approximate surface area is 166 Å². The van der Waals surface area contributed by atoms with Gasteiger partial charge in [0.25, 0.3) is 5.69 Å². The van der Waals surface area contributed by atoms with Gasteiger partial charge in [0, 0.05) is 17.5 Å². The molecular weight excluding hydrogens is 376 g/mol. The summed E-state index contributed by atoms with van der Waals surface area (Å²) < 4.78 is 5.60. The Balaban J connectivity index is 1.78. The van der Waals surface area contributed by atoms with Gasteiger partial charge in [-0.3, -0.25) is 14.9 Å². The summed E-state index contributed by atoms with van der Waals surface area (Å²) in [5.74, 6) is -0.418. The van der Waals surface area contributed by atoms with Crippen LogP contribution in [0.1, 0.15) is 26.3 Å². The maximum Gasteiger partial charge on any atom is 0.302 e. The van der Waals surface area contributed by atoms with Crippen molar-refractivity contribution in [2.45, 2.75) is 26.2 Å². The Morgan fingerprint density at radius 2 is 1.97 bits per heavy atom. The van der Waals surface area contributed by atoms with Crippen LogP contribution in [0.3, 0.4) is 0 Å². The van der Waals surface area contributed by atoms with Gasteiger partial charge in [0.15, 0.2) is 12.3 Å². The summed E-state index contributed by atoms with van der Waals surface area (Å²) in [7, 11) is 0. The lowest BCUT2D eigenvalue weighted by Crippen LogP contribution is -2.15. The van der Waals surface area contributed by atoms with E-state index in [-0.39, 0.29) is 34.7 Å². The summed E-state index contributed by atoms with van der Waals surface area (Å²) in [6.45, 7) is 5.78. The Hall–Kier alpha value is -3.75. The first-order chi connectivity index (χ1) is 13.7. The van der Waals surface area contributed by atoms with Crippen molar-refractivity contribution in [1.29, 1.82) is 0 Å². The number of amides is 1. The fourth-order valence-corrected chi connectivity index (χ4v) is 2.85. The number of carbonyl (C=O) groups excluding carboxylic acids is 1. The minimum atomic E-state index is -0.659. The van der Waals surface area contributed by atoms with Crippen molar-refractivity contribution in [1.82, 2.24) is 4.98 Å². The molecule has 0 aliphatic rings. The number of ether oxygens (including phenoxy) is 1. The number of non-ortho nitro benzene ring substituents is 1. The second kappa shape index (κ2) is 7.70. The number of hydrogen-bond donors (Lipinski definition) is 2. The molecule has 150 valence electrons. The number of H-pyrrole nitrogens is 1. The van der Waals surface area contributed by atoms with Crippen LogP contribution in [0, 0.1) is 10.1 Å². The van der Waals surface area contributed by atoms with E-state index in [9.17, 15) is 20.0 Å². The number of aromatic hydroxyl groups is 1. The molecule has 1 heterocycles. The molecule has 0 spiro atoms. The van der Waals surface area contributed by atoms with Crippen molar-refractivity contribution in [3.63, 3.8) is 0 Å². The third-order valence-electron chi connectivity index (χ3n) is 4.25. The summed E-state index contributed by atoms with van der Waals surface area (Å²) in [5.41, 5.74) is 1.01. The fourth-order valence-electron chi connectivity index (χ4n) is 2.85. The van der Waals surface area contributed by atoms with Crippen LogP contribution in [-0.4, -0.2) is 27.5 Å². The number of benzene rings is 2. The zero-order valence-corrected chi connectivity index (χ0v) is 16.2. The first kappa shape index (κ1) is 20.0. The van der Waals surface area contributed by atoms with Crippen molar-refractivity contribution < 1.29 is 19.6 Å². The van der Waals surface area contributed by atoms with Crippen LogP contribution in [0.2, 0.25) is 0 Å². The van der Waals surface area contributed by atoms with Crippen molar-refractivity contribution in [3.8, 4) is 11.6 Å². The number of carbonyl (C=O) groups is 1. The third kappa shape index (κ3) is 4.40. The highest BCUT2D eigenvalue weighted by Gasteiger charge is 2.19. The van der Waals surface area contributed by atoms with Gasteiger partial charge >= 0.3 is 5.91 Å². The van der Waals surface area contributed by atoms with Gasteiger partial charge in [0.05, 0.1) is 10.4 Å². The fraction of sp³-hybridized carbons (Fsp3) is 0.250. The Morgan fingerprint density at radius 3 is 2.66 bits per heavy atom. The molecule has 29 heavy (non-hydrogen) atoms. The molecule has 0 fully saturated rings. The number of para-hydroxylation sites is 1. The molecule has 2 aromatic carbocycles. The Bertz CT molecular complexity index is 1110. The lowest BCUT2D eigenvalue weighted by Gasteiger charge is -2.22. The molecule has 3 aromatic rings. The second-order valence-electron chi connectivity index (χ2n) is 7.44. The third-order valence-corrected chi connectivity index (χ3v) is 4.25. The largest absolute Gasteiger partial charge is 0.493 e. The minimum absolute atomic E-state index is 0.0489. The van der Waals surface area contributed by atoms with E-state index in [0.717, 1.165) is 5.56 Å². The SMILES string of the molecule is CC(C)(C)c1ccccc1OCC(=O)N=Nc1c(O)[nH]c2ccc([N+](=O)[O-])cc12. The second-order valence-corrected chi connectivity index (χ2v) is 7.44. The van der Waals surface area contributed by atoms with Crippen LogP contribution in [0.4, 0.5) is 11.4 Å². The normalized spacial score (nSPS) is 11.8. The topological polar surface area (TPSA) is 130 Å². The van der Waals surface area contributed by atoms with Crippen molar-refractivity contribution >= 4 is 28.2 Å². The van der Waals surface area contributed by atoms with E-state index in [4.69, 9.17) is 4.74 Å². The predicted octanol–water partition coefficient (Wildman–Crippen LogP) is 4.77. The number of nitro groups is 1. The van der Waals surface area contributed by atoms with Gasteiger partial charge in [0.1, 0.15) is 5.75 Å². The quantitative estimate of drug-likeness (QED) is 0.364. The summed E-state index contributed by atoms with van der Waals surface area (Å²) in [5, 5.41) is 28.6. The Kier molecular flexibility index (Phi) is 5.31. The van der Waals surface area contributed by atoms with Gasteiger partial charge in [-0.25, -0.2) is 0 Å². The number of fused-ring (bicyclic) bond motifs is 1. The molecule has 0 aliphatic heterocycles. The number of nitrogens with one attached hydrogen (secondary N) is 1. The molecule has 0 saturated carbocycles. The maximum atomic E-state index is 12.1. The molecule has 0 aliphatic carbocycles. The Morgan fingerprint density at radius 1 is 1.24 bits per heavy atom. The van der Waals surface area contributed by atoms with Crippen LogP contribution in [0.15, 0.2) is 52.7 Å². The molecule has 3 rings (SSSR count). The van der Waals surface area contributed by atoms with Gasteiger partial charge in [-0.05, 0) is 23.1 Å². The first-order valence-electron chi connectivity index (χ1n) is 8.83. The molecule has 2 N–H and O–H groups in total. The van der Waals surface area contributed by atoms with E-state index in [1.807, 2.05) is 39.0 Å². The molecule has 0 atom stereocenters. The van der Waals surface area contributed by atoms with Crippen molar-refractivity contribution in [3.05, 3.63) is 58.1 Å². The highest BCUT2D eigenvalue weighted by molar-refractivity contribution is 5.95. The molecule has 9 heteroatoms. The molecule has 9 nitrogen and oxygen atoms in total. The zero-order chi connectivity index (χ0) is 21.2. The average molecular weight is 396 g/mol.